The van der Waals surface area contributed by atoms with Crippen LogP contribution in [0.4, 0.5) is 0 Å². The Morgan fingerprint density at radius 1 is 1.12 bits per heavy atom. The normalized spacial score (nSPS) is 10.6. The number of ketones is 1. The first-order chi connectivity index (χ1) is 8.25. The molecule has 0 bridgehead atoms. The van der Waals surface area contributed by atoms with Gasteiger partial charge in [-0.3, -0.25) is 4.79 Å². The zero-order valence-electron chi connectivity index (χ0n) is 9.08. The Morgan fingerprint density at radius 3 is 2.59 bits per heavy atom. The minimum absolute atomic E-state index is 0.0114. The van der Waals surface area contributed by atoms with Gasteiger partial charge in [-0.25, -0.2) is 0 Å². The van der Waals surface area contributed by atoms with E-state index < -0.39 is 0 Å². The number of aromatic nitrogens is 1. The number of pyridine rings is 1. The summed E-state index contributed by atoms with van der Waals surface area (Å²) in [5.41, 5.74) is 0.673. The number of benzene rings is 1. The lowest BCUT2D eigenvalue weighted by atomic mass is 10.1. The number of nitrogens with zero attached hydrogens (tertiary/aromatic N) is 1. The quantitative estimate of drug-likeness (QED) is 0.483. The van der Waals surface area contributed by atoms with Crippen LogP contribution in [-0.4, -0.2) is 5.78 Å². The summed E-state index contributed by atoms with van der Waals surface area (Å²) in [7, 11) is 0. The van der Waals surface area contributed by atoms with Crippen LogP contribution in [0.3, 0.4) is 0 Å². The lowest BCUT2D eigenvalue weighted by Gasteiger charge is -1.95. The maximum atomic E-state index is 11.8. The van der Waals surface area contributed by atoms with Gasteiger partial charge >= 0.3 is 0 Å². The molecule has 0 N–H and O–H groups in total. The van der Waals surface area contributed by atoms with E-state index in [4.69, 9.17) is 0 Å². The van der Waals surface area contributed by atoms with Gasteiger partial charge in [0.25, 0.3) is 0 Å². The van der Waals surface area contributed by atoms with Gasteiger partial charge in [-0.1, -0.05) is 34.1 Å². The van der Waals surface area contributed by atoms with E-state index in [2.05, 4.69) is 15.9 Å². The molecule has 3 heteroatoms. The van der Waals surface area contributed by atoms with Crippen LogP contribution in [0.5, 0.6) is 0 Å². The van der Waals surface area contributed by atoms with Gasteiger partial charge in [0.2, 0.25) is 0 Å². The first-order valence-corrected chi connectivity index (χ1v) is 5.99. The minimum atomic E-state index is -0.0114. The second-order valence-electron chi connectivity index (χ2n) is 3.51. The molecule has 2 nitrogen and oxygen atoms in total. The van der Waals surface area contributed by atoms with Gasteiger partial charge in [-0.15, -0.1) is 0 Å². The Kier molecular flexibility index (Phi) is 3.83. The van der Waals surface area contributed by atoms with Crippen LogP contribution in [0.1, 0.15) is 10.4 Å². The van der Waals surface area contributed by atoms with Crippen LogP contribution in [0.25, 0.3) is 6.20 Å². The molecule has 0 saturated heterocycles. The largest absolute Gasteiger partial charge is 0.289 e. The Balaban J connectivity index is 2.15. The van der Waals surface area contributed by atoms with Crippen molar-refractivity contribution in [2.45, 2.75) is 0 Å². The van der Waals surface area contributed by atoms with E-state index >= 15 is 0 Å². The van der Waals surface area contributed by atoms with Gasteiger partial charge in [0.05, 0.1) is 6.08 Å². The highest BCUT2D eigenvalue weighted by atomic mass is 79.9. The monoisotopic (exact) mass is 288 g/mol. The number of allylic oxidation sites excluding steroid dienone is 1. The molecule has 1 heterocycles. The van der Waals surface area contributed by atoms with Crippen molar-refractivity contribution in [2.24, 2.45) is 0 Å². The van der Waals surface area contributed by atoms with Crippen molar-refractivity contribution in [2.75, 3.05) is 0 Å². The molecule has 17 heavy (non-hydrogen) atoms. The molecule has 0 aliphatic rings. The summed E-state index contributed by atoms with van der Waals surface area (Å²) >= 11 is 3.34. The molecule has 0 aliphatic heterocycles. The van der Waals surface area contributed by atoms with Crippen LogP contribution < -0.4 is 4.57 Å². The Labute approximate surface area is 108 Å². The Morgan fingerprint density at radius 2 is 1.88 bits per heavy atom. The third-order valence-electron chi connectivity index (χ3n) is 2.25. The number of carbonyl (C=O) groups is 1. The first kappa shape index (κ1) is 11.7. The molecule has 0 atom stereocenters. The van der Waals surface area contributed by atoms with Crippen LogP contribution in [0, 0.1) is 0 Å². The molecule has 0 radical (unpaired) electrons. The van der Waals surface area contributed by atoms with E-state index in [0.717, 1.165) is 4.47 Å². The number of halogens is 1. The lowest BCUT2D eigenvalue weighted by molar-refractivity contribution is -0.568. The Bertz CT molecular complexity index is 549. The molecule has 84 valence electrons. The van der Waals surface area contributed by atoms with Crippen LogP contribution >= 0.6 is 15.9 Å². The molecule has 0 fully saturated rings. The summed E-state index contributed by atoms with van der Waals surface area (Å²) in [6, 6.07) is 13.1. The molecule has 2 aromatic rings. The van der Waals surface area contributed by atoms with Crippen LogP contribution in [0.2, 0.25) is 0 Å². The van der Waals surface area contributed by atoms with Crippen molar-refractivity contribution in [3.63, 3.8) is 0 Å². The van der Waals surface area contributed by atoms with Crippen LogP contribution in [-0.2, 0) is 0 Å². The molecule has 2 rings (SSSR count). The average molecular weight is 289 g/mol. The van der Waals surface area contributed by atoms with Crippen molar-refractivity contribution in [3.8, 4) is 0 Å². The molecule has 1 aromatic heterocycles. The summed E-state index contributed by atoms with van der Waals surface area (Å²) in [5, 5.41) is 0. The topological polar surface area (TPSA) is 20.9 Å². The van der Waals surface area contributed by atoms with Gasteiger partial charge < -0.3 is 0 Å². The maximum Gasteiger partial charge on any atom is 0.191 e. The number of rotatable bonds is 3. The number of hydrogen-bond donors (Lipinski definition) is 0. The molecule has 0 amide bonds. The van der Waals surface area contributed by atoms with Crippen molar-refractivity contribution in [1.29, 1.82) is 0 Å². The highest BCUT2D eigenvalue weighted by molar-refractivity contribution is 9.10. The molecule has 0 spiro atoms. The van der Waals surface area contributed by atoms with Gasteiger partial charge in [-0.2, -0.15) is 4.57 Å². The fourth-order valence-electron chi connectivity index (χ4n) is 1.40. The SMILES string of the molecule is O=C(/C=C/[n+]1ccccc1)c1cccc(Br)c1. The number of carbonyl (C=O) groups excluding carboxylic acids is 1. The summed E-state index contributed by atoms with van der Waals surface area (Å²) < 4.78 is 2.74. The van der Waals surface area contributed by atoms with E-state index in [9.17, 15) is 4.79 Å². The first-order valence-electron chi connectivity index (χ1n) is 5.19. The molecular weight excluding hydrogens is 278 g/mol. The number of hydrogen-bond acceptors (Lipinski definition) is 1. The predicted molar refractivity (Wildman–Crippen MR) is 70.4 cm³/mol. The molecule has 0 aliphatic carbocycles. The lowest BCUT2D eigenvalue weighted by Crippen LogP contribution is -2.23. The molecule has 0 unspecified atom stereocenters. The maximum absolute atomic E-state index is 11.8. The minimum Gasteiger partial charge on any atom is -0.289 e. The third-order valence-corrected chi connectivity index (χ3v) is 2.74. The Hall–Kier alpha value is -1.74. The van der Waals surface area contributed by atoms with Gasteiger partial charge in [0, 0.05) is 22.2 Å². The summed E-state index contributed by atoms with van der Waals surface area (Å²) in [5.74, 6) is -0.0114. The fourth-order valence-corrected chi connectivity index (χ4v) is 1.80. The highest BCUT2D eigenvalue weighted by Crippen LogP contribution is 2.12. The molecule has 1 aromatic carbocycles. The van der Waals surface area contributed by atoms with E-state index in [0.29, 0.717) is 5.56 Å². The third kappa shape index (κ3) is 3.36. The van der Waals surface area contributed by atoms with Crippen LogP contribution in [0.15, 0.2) is 65.4 Å². The molecule has 0 saturated carbocycles. The fraction of sp³-hybridized carbons (Fsp3) is 0. The standard InChI is InChI=1S/C14H11BrNO/c15-13-6-4-5-12(11-13)14(17)7-10-16-8-2-1-3-9-16/h1-11H/q+1/b10-7+. The van der Waals surface area contributed by atoms with Gasteiger partial charge in [0.15, 0.2) is 24.4 Å². The predicted octanol–water partition coefficient (Wildman–Crippen LogP) is 3.09. The average Bonchev–Trinajstić information content (AvgIpc) is 2.37. The van der Waals surface area contributed by atoms with Crippen molar-refractivity contribution < 1.29 is 9.36 Å². The van der Waals surface area contributed by atoms with Gasteiger partial charge in [0.1, 0.15) is 0 Å². The zero-order chi connectivity index (χ0) is 12.1. The van der Waals surface area contributed by atoms with E-state index in [1.807, 2.05) is 53.4 Å². The highest BCUT2D eigenvalue weighted by Gasteiger charge is 2.03. The zero-order valence-corrected chi connectivity index (χ0v) is 10.7. The van der Waals surface area contributed by atoms with Crippen molar-refractivity contribution in [3.05, 3.63) is 71.0 Å². The van der Waals surface area contributed by atoms with E-state index in [-0.39, 0.29) is 5.78 Å². The molecular formula is C14H11BrNO+. The summed E-state index contributed by atoms with van der Waals surface area (Å²) in [4.78, 5) is 11.8. The van der Waals surface area contributed by atoms with E-state index in [1.165, 1.54) is 0 Å². The second kappa shape index (κ2) is 5.55. The second-order valence-corrected chi connectivity index (χ2v) is 4.43. The van der Waals surface area contributed by atoms with Gasteiger partial charge in [-0.05, 0) is 12.1 Å². The summed E-state index contributed by atoms with van der Waals surface area (Å²) in [6.45, 7) is 0. The summed E-state index contributed by atoms with van der Waals surface area (Å²) in [6.07, 6.45) is 7.06. The smallest absolute Gasteiger partial charge is 0.191 e. The van der Waals surface area contributed by atoms with Crippen molar-refractivity contribution in [1.82, 2.24) is 0 Å². The van der Waals surface area contributed by atoms with E-state index in [1.54, 1.807) is 18.3 Å². The van der Waals surface area contributed by atoms with Crippen molar-refractivity contribution >= 4 is 27.9 Å².